The van der Waals surface area contributed by atoms with E-state index in [-0.39, 0.29) is 0 Å². The molecule has 0 atom stereocenters. The standard InChI is InChI=1S/C16H13ClN2/c17-11-15-10-16(19-18-15)14-8-6-13(7-9-14)12-4-2-1-3-5-12/h1-10H,11H2,(H,18,19). The lowest BCUT2D eigenvalue weighted by atomic mass is 10.0. The fraction of sp³-hybridized carbons (Fsp3) is 0.0625. The van der Waals surface area contributed by atoms with Crippen molar-refractivity contribution in [3.8, 4) is 22.4 Å². The summed E-state index contributed by atoms with van der Waals surface area (Å²) in [5.74, 6) is 0.453. The third kappa shape index (κ3) is 2.54. The molecule has 0 saturated heterocycles. The number of H-pyrrole nitrogens is 1. The van der Waals surface area contributed by atoms with Gasteiger partial charge in [-0.3, -0.25) is 5.10 Å². The van der Waals surface area contributed by atoms with Crippen LogP contribution in [0.5, 0.6) is 0 Å². The van der Waals surface area contributed by atoms with Crippen molar-refractivity contribution in [1.29, 1.82) is 0 Å². The Labute approximate surface area is 117 Å². The molecule has 2 aromatic carbocycles. The Kier molecular flexibility index (Phi) is 3.34. The number of benzene rings is 2. The maximum atomic E-state index is 5.76. The average molecular weight is 269 g/mol. The molecule has 2 nitrogen and oxygen atoms in total. The third-order valence-electron chi connectivity index (χ3n) is 3.06. The summed E-state index contributed by atoms with van der Waals surface area (Å²) >= 11 is 5.76. The van der Waals surface area contributed by atoms with Crippen molar-refractivity contribution in [3.05, 3.63) is 66.4 Å². The second-order valence-corrected chi connectivity index (χ2v) is 4.62. The van der Waals surface area contributed by atoms with Gasteiger partial charge in [0.1, 0.15) is 0 Å². The summed E-state index contributed by atoms with van der Waals surface area (Å²) in [5.41, 5.74) is 5.38. The van der Waals surface area contributed by atoms with Gasteiger partial charge < -0.3 is 0 Å². The van der Waals surface area contributed by atoms with E-state index in [1.54, 1.807) is 0 Å². The van der Waals surface area contributed by atoms with Gasteiger partial charge in [-0.25, -0.2) is 0 Å². The van der Waals surface area contributed by atoms with Crippen LogP contribution in [0.15, 0.2) is 60.7 Å². The molecule has 0 aliphatic rings. The van der Waals surface area contributed by atoms with Gasteiger partial charge in [0.05, 0.1) is 17.3 Å². The molecular weight excluding hydrogens is 256 g/mol. The first-order valence-corrected chi connectivity index (χ1v) is 6.66. The zero-order valence-corrected chi connectivity index (χ0v) is 11.1. The van der Waals surface area contributed by atoms with Gasteiger partial charge in [-0.15, -0.1) is 11.6 Å². The first-order chi connectivity index (χ1) is 9.36. The van der Waals surface area contributed by atoms with Gasteiger partial charge in [0.2, 0.25) is 0 Å². The molecule has 1 heterocycles. The number of alkyl halides is 1. The predicted molar refractivity (Wildman–Crippen MR) is 79.0 cm³/mol. The number of aromatic amines is 1. The summed E-state index contributed by atoms with van der Waals surface area (Å²) in [5, 5.41) is 7.17. The highest BCUT2D eigenvalue weighted by molar-refractivity contribution is 6.16. The van der Waals surface area contributed by atoms with Gasteiger partial charge in [-0.2, -0.15) is 5.10 Å². The summed E-state index contributed by atoms with van der Waals surface area (Å²) in [6, 6.07) is 20.7. The fourth-order valence-corrected chi connectivity index (χ4v) is 2.18. The Morgan fingerprint density at radius 3 is 2.11 bits per heavy atom. The molecule has 0 aliphatic heterocycles. The summed E-state index contributed by atoms with van der Waals surface area (Å²) < 4.78 is 0. The van der Waals surface area contributed by atoms with E-state index < -0.39 is 0 Å². The third-order valence-corrected chi connectivity index (χ3v) is 3.35. The molecule has 1 N–H and O–H groups in total. The van der Waals surface area contributed by atoms with Crippen LogP contribution in [0.4, 0.5) is 0 Å². The van der Waals surface area contributed by atoms with Crippen LogP contribution in [0, 0.1) is 0 Å². The molecular formula is C16H13ClN2. The minimum atomic E-state index is 0.453. The fourth-order valence-electron chi connectivity index (χ4n) is 2.04. The molecule has 0 bridgehead atoms. The highest BCUT2D eigenvalue weighted by Gasteiger charge is 2.04. The molecule has 94 valence electrons. The van der Waals surface area contributed by atoms with Crippen molar-refractivity contribution in [2.45, 2.75) is 5.88 Å². The van der Waals surface area contributed by atoms with Gasteiger partial charge in [0.15, 0.2) is 0 Å². The van der Waals surface area contributed by atoms with Crippen LogP contribution in [-0.4, -0.2) is 10.2 Å². The van der Waals surface area contributed by atoms with E-state index in [0.717, 1.165) is 17.0 Å². The van der Waals surface area contributed by atoms with Crippen molar-refractivity contribution < 1.29 is 0 Å². The van der Waals surface area contributed by atoms with Crippen molar-refractivity contribution >= 4 is 11.6 Å². The van der Waals surface area contributed by atoms with Crippen LogP contribution in [0.25, 0.3) is 22.4 Å². The molecule has 3 aromatic rings. The lowest BCUT2D eigenvalue weighted by molar-refractivity contribution is 1.04. The van der Waals surface area contributed by atoms with Crippen molar-refractivity contribution in [2.24, 2.45) is 0 Å². The lowest BCUT2D eigenvalue weighted by Crippen LogP contribution is -1.80. The normalized spacial score (nSPS) is 10.6. The summed E-state index contributed by atoms with van der Waals surface area (Å²) in [4.78, 5) is 0. The van der Waals surface area contributed by atoms with Crippen LogP contribution in [0.1, 0.15) is 5.69 Å². The molecule has 0 unspecified atom stereocenters. The molecule has 0 aliphatic carbocycles. The average Bonchev–Trinajstić information content (AvgIpc) is 2.97. The topological polar surface area (TPSA) is 28.7 Å². The van der Waals surface area contributed by atoms with E-state index >= 15 is 0 Å². The Balaban J connectivity index is 1.90. The van der Waals surface area contributed by atoms with E-state index in [2.05, 4.69) is 46.6 Å². The zero-order valence-electron chi connectivity index (χ0n) is 10.3. The monoisotopic (exact) mass is 268 g/mol. The molecule has 0 radical (unpaired) electrons. The van der Waals surface area contributed by atoms with Crippen LogP contribution in [0.2, 0.25) is 0 Å². The van der Waals surface area contributed by atoms with E-state index in [1.165, 1.54) is 11.1 Å². The molecule has 0 fully saturated rings. The van der Waals surface area contributed by atoms with E-state index in [9.17, 15) is 0 Å². The Morgan fingerprint density at radius 1 is 0.842 bits per heavy atom. The minimum Gasteiger partial charge on any atom is -0.281 e. The van der Waals surface area contributed by atoms with Crippen LogP contribution >= 0.6 is 11.6 Å². The second kappa shape index (κ2) is 5.29. The van der Waals surface area contributed by atoms with Crippen LogP contribution in [0.3, 0.4) is 0 Å². The largest absolute Gasteiger partial charge is 0.281 e. The molecule has 0 amide bonds. The highest BCUT2D eigenvalue weighted by Crippen LogP contribution is 2.24. The molecule has 0 saturated carbocycles. The molecule has 3 heteroatoms. The second-order valence-electron chi connectivity index (χ2n) is 4.36. The van der Waals surface area contributed by atoms with E-state index in [0.29, 0.717) is 5.88 Å². The predicted octanol–water partition coefficient (Wildman–Crippen LogP) is 4.48. The van der Waals surface area contributed by atoms with Crippen molar-refractivity contribution in [1.82, 2.24) is 10.2 Å². The maximum Gasteiger partial charge on any atom is 0.0923 e. The van der Waals surface area contributed by atoms with Crippen LogP contribution < -0.4 is 0 Å². The lowest BCUT2D eigenvalue weighted by Gasteiger charge is -2.02. The zero-order chi connectivity index (χ0) is 13.1. The number of nitrogens with one attached hydrogen (secondary N) is 1. The number of aromatic nitrogens is 2. The highest BCUT2D eigenvalue weighted by atomic mass is 35.5. The first kappa shape index (κ1) is 12.0. The summed E-state index contributed by atoms with van der Waals surface area (Å²) in [6.07, 6.45) is 0. The summed E-state index contributed by atoms with van der Waals surface area (Å²) in [6.45, 7) is 0. The van der Waals surface area contributed by atoms with E-state index in [1.807, 2.05) is 24.3 Å². The number of hydrogen-bond donors (Lipinski definition) is 1. The number of nitrogens with zero attached hydrogens (tertiary/aromatic N) is 1. The Morgan fingerprint density at radius 2 is 1.47 bits per heavy atom. The quantitative estimate of drug-likeness (QED) is 0.697. The van der Waals surface area contributed by atoms with Crippen LogP contribution in [-0.2, 0) is 5.88 Å². The van der Waals surface area contributed by atoms with E-state index in [4.69, 9.17) is 11.6 Å². The first-order valence-electron chi connectivity index (χ1n) is 6.13. The summed E-state index contributed by atoms with van der Waals surface area (Å²) in [7, 11) is 0. The van der Waals surface area contributed by atoms with Gasteiger partial charge >= 0.3 is 0 Å². The van der Waals surface area contributed by atoms with Crippen molar-refractivity contribution in [3.63, 3.8) is 0 Å². The number of rotatable bonds is 3. The smallest absolute Gasteiger partial charge is 0.0923 e. The number of halogens is 1. The van der Waals surface area contributed by atoms with Gasteiger partial charge in [-0.1, -0.05) is 54.6 Å². The molecule has 19 heavy (non-hydrogen) atoms. The minimum absolute atomic E-state index is 0.453. The Hall–Kier alpha value is -2.06. The molecule has 0 spiro atoms. The van der Waals surface area contributed by atoms with Crippen molar-refractivity contribution in [2.75, 3.05) is 0 Å². The van der Waals surface area contributed by atoms with Gasteiger partial charge in [0, 0.05) is 5.56 Å². The SMILES string of the molecule is ClCc1cc(-c2ccc(-c3ccccc3)cc2)n[nH]1. The van der Waals surface area contributed by atoms with Gasteiger partial charge in [-0.05, 0) is 17.2 Å². The maximum absolute atomic E-state index is 5.76. The molecule has 1 aromatic heterocycles. The number of hydrogen-bond acceptors (Lipinski definition) is 1. The molecule has 3 rings (SSSR count). The van der Waals surface area contributed by atoms with Gasteiger partial charge in [0.25, 0.3) is 0 Å². The Bertz CT molecular complexity index is 657.